The minimum atomic E-state index is -4.59. The number of benzene rings is 2. The van der Waals surface area contributed by atoms with Crippen LogP contribution in [-0.4, -0.2) is 12.5 Å². The third kappa shape index (κ3) is 4.43. The molecule has 0 aliphatic heterocycles. The van der Waals surface area contributed by atoms with E-state index in [1.54, 1.807) is 18.2 Å². The molecular weight excluding hydrogens is 444 g/mol. The molecule has 0 saturated heterocycles. The first kappa shape index (κ1) is 18.6. The smallest absolute Gasteiger partial charge is 0.346 e. The third-order valence-corrected chi connectivity index (χ3v) is 4.16. The van der Waals surface area contributed by atoms with Crippen LogP contribution in [0, 0.1) is 3.57 Å². The topological polar surface area (TPSA) is 29.1 Å². The Kier molecular flexibility index (Phi) is 5.46. The standard InChI is InChI=1S/C16H11F5INO/c17-15(18,10-5-7-11(8-6-10)16(19,20)21)9-23-14(24)12-3-1-2-4-13(12)22/h1-8H,9H2,(H,23,24). The molecule has 128 valence electrons. The Morgan fingerprint density at radius 3 is 2.00 bits per heavy atom. The molecule has 2 aromatic rings. The Morgan fingerprint density at radius 1 is 0.917 bits per heavy atom. The summed E-state index contributed by atoms with van der Waals surface area (Å²) in [6, 6.07) is 9.05. The van der Waals surface area contributed by atoms with E-state index in [0.717, 1.165) is 0 Å². The van der Waals surface area contributed by atoms with E-state index in [0.29, 0.717) is 27.8 Å². The second-order valence-electron chi connectivity index (χ2n) is 4.94. The first-order valence-electron chi connectivity index (χ1n) is 6.69. The zero-order valence-electron chi connectivity index (χ0n) is 12.0. The highest BCUT2D eigenvalue weighted by Gasteiger charge is 2.35. The van der Waals surface area contributed by atoms with Crippen molar-refractivity contribution in [2.24, 2.45) is 0 Å². The number of amides is 1. The quantitative estimate of drug-likeness (QED) is 0.520. The molecule has 1 N–H and O–H groups in total. The van der Waals surface area contributed by atoms with Crippen LogP contribution in [0.5, 0.6) is 0 Å². The van der Waals surface area contributed by atoms with E-state index in [2.05, 4.69) is 5.32 Å². The van der Waals surface area contributed by atoms with E-state index >= 15 is 0 Å². The monoisotopic (exact) mass is 455 g/mol. The van der Waals surface area contributed by atoms with Crippen molar-refractivity contribution in [1.82, 2.24) is 5.32 Å². The molecule has 0 saturated carbocycles. The average molecular weight is 455 g/mol. The van der Waals surface area contributed by atoms with E-state index in [1.165, 1.54) is 6.07 Å². The fraction of sp³-hybridized carbons (Fsp3) is 0.188. The van der Waals surface area contributed by atoms with Crippen LogP contribution in [0.1, 0.15) is 21.5 Å². The van der Waals surface area contributed by atoms with E-state index in [-0.39, 0.29) is 5.56 Å². The molecule has 24 heavy (non-hydrogen) atoms. The van der Waals surface area contributed by atoms with Crippen molar-refractivity contribution >= 4 is 28.5 Å². The molecule has 0 bridgehead atoms. The summed E-state index contributed by atoms with van der Waals surface area (Å²) in [4.78, 5) is 11.9. The maximum absolute atomic E-state index is 14.1. The van der Waals surface area contributed by atoms with E-state index in [9.17, 15) is 26.7 Å². The lowest BCUT2D eigenvalue weighted by atomic mass is 10.1. The number of halogens is 6. The minimum absolute atomic E-state index is 0.251. The number of carbonyl (C=O) groups is 1. The molecule has 8 heteroatoms. The van der Waals surface area contributed by atoms with Crippen LogP contribution < -0.4 is 5.32 Å². The predicted octanol–water partition coefficient (Wildman–Crippen LogP) is 4.83. The fourth-order valence-corrected chi connectivity index (χ4v) is 2.57. The van der Waals surface area contributed by atoms with Crippen LogP contribution in [0.3, 0.4) is 0 Å². The number of carbonyl (C=O) groups excluding carboxylic acids is 1. The number of rotatable bonds is 4. The molecule has 2 rings (SSSR count). The summed E-state index contributed by atoms with van der Waals surface area (Å²) in [5.41, 5.74) is -1.36. The highest BCUT2D eigenvalue weighted by atomic mass is 127. The van der Waals surface area contributed by atoms with Gasteiger partial charge in [-0.2, -0.15) is 22.0 Å². The summed E-state index contributed by atoms with van der Waals surface area (Å²) >= 11 is 1.90. The molecule has 0 aliphatic rings. The van der Waals surface area contributed by atoms with E-state index in [4.69, 9.17) is 0 Å². The number of alkyl halides is 5. The average Bonchev–Trinajstić information content (AvgIpc) is 2.52. The molecule has 1 amide bonds. The van der Waals surface area contributed by atoms with Gasteiger partial charge in [-0.05, 0) is 46.9 Å². The van der Waals surface area contributed by atoms with Crippen molar-refractivity contribution < 1.29 is 26.7 Å². The summed E-state index contributed by atoms with van der Waals surface area (Å²) in [6.07, 6.45) is -4.59. The third-order valence-electron chi connectivity index (χ3n) is 3.22. The number of hydrogen-bond donors (Lipinski definition) is 1. The van der Waals surface area contributed by atoms with Gasteiger partial charge in [0.2, 0.25) is 0 Å². The van der Waals surface area contributed by atoms with Crippen molar-refractivity contribution in [3.05, 3.63) is 68.8 Å². The molecule has 0 heterocycles. The van der Waals surface area contributed by atoms with Gasteiger partial charge in [0.25, 0.3) is 11.8 Å². The van der Waals surface area contributed by atoms with Crippen LogP contribution in [0.4, 0.5) is 22.0 Å². The molecule has 0 atom stereocenters. The Bertz CT molecular complexity index is 728. The summed E-state index contributed by atoms with van der Waals surface area (Å²) in [5, 5.41) is 2.11. The van der Waals surface area contributed by atoms with Gasteiger partial charge in [0.05, 0.1) is 17.7 Å². The maximum Gasteiger partial charge on any atom is 0.416 e. The Labute approximate surface area is 148 Å². The van der Waals surface area contributed by atoms with Gasteiger partial charge in [-0.3, -0.25) is 4.79 Å². The molecule has 2 aromatic carbocycles. The van der Waals surface area contributed by atoms with Crippen molar-refractivity contribution in [2.75, 3.05) is 6.54 Å². The van der Waals surface area contributed by atoms with Crippen molar-refractivity contribution in [3.63, 3.8) is 0 Å². The van der Waals surface area contributed by atoms with Crippen LogP contribution in [0.15, 0.2) is 48.5 Å². The maximum atomic E-state index is 14.1. The zero-order valence-corrected chi connectivity index (χ0v) is 14.2. The molecule has 0 fully saturated rings. The highest BCUT2D eigenvalue weighted by molar-refractivity contribution is 14.1. The predicted molar refractivity (Wildman–Crippen MR) is 86.8 cm³/mol. The molecule has 0 aromatic heterocycles. The van der Waals surface area contributed by atoms with Gasteiger partial charge >= 0.3 is 6.18 Å². The Hall–Kier alpha value is -1.71. The van der Waals surface area contributed by atoms with Crippen LogP contribution in [-0.2, 0) is 12.1 Å². The van der Waals surface area contributed by atoms with Gasteiger partial charge < -0.3 is 5.32 Å². The zero-order chi connectivity index (χ0) is 18.0. The molecule has 0 radical (unpaired) electrons. The van der Waals surface area contributed by atoms with Crippen LogP contribution >= 0.6 is 22.6 Å². The summed E-state index contributed by atoms with van der Waals surface area (Å²) in [5.74, 6) is -4.16. The van der Waals surface area contributed by atoms with Crippen molar-refractivity contribution in [3.8, 4) is 0 Å². The SMILES string of the molecule is O=C(NCC(F)(F)c1ccc(C(F)(F)F)cc1)c1ccccc1I. The van der Waals surface area contributed by atoms with E-state index < -0.39 is 35.7 Å². The first-order chi connectivity index (χ1) is 11.1. The molecule has 0 spiro atoms. The largest absolute Gasteiger partial charge is 0.416 e. The summed E-state index contributed by atoms with van der Waals surface area (Å²) in [7, 11) is 0. The van der Waals surface area contributed by atoms with Crippen LogP contribution in [0.25, 0.3) is 0 Å². The van der Waals surface area contributed by atoms with Gasteiger partial charge in [0, 0.05) is 9.13 Å². The van der Waals surface area contributed by atoms with Gasteiger partial charge in [0.1, 0.15) is 0 Å². The lowest BCUT2D eigenvalue weighted by molar-refractivity contribution is -0.137. The molecule has 0 unspecified atom stereocenters. The van der Waals surface area contributed by atoms with Gasteiger partial charge in [0.15, 0.2) is 0 Å². The van der Waals surface area contributed by atoms with E-state index in [1.807, 2.05) is 22.6 Å². The van der Waals surface area contributed by atoms with Crippen molar-refractivity contribution in [2.45, 2.75) is 12.1 Å². The van der Waals surface area contributed by atoms with Crippen LogP contribution in [0.2, 0.25) is 0 Å². The lowest BCUT2D eigenvalue weighted by Crippen LogP contribution is -2.35. The Balaban J connectivity index is 2.08. The fourth-order valence-electron chi connectivity index (χ4n) is 1.94. The molecular formula is C16H11F5INO. The van der Waals surface area contributed by atoms with Crippen molar-refractivity contribution in [1.29, 1.82) is 0 Å². The van der Waals surface area contributed by atoms with Gasteiger partial charge in [-0.15, -0.1) is 0 Å². The van der Waals surface area contributed by atoms with Gasteiger partial charge in [-0.25, -0.2) is 0 Å². The highest BCUT2D eigenvalue weighted by Crippen LogP contribution is 2.32. The minimum Gasteiger partial charge on any atom is -0.346 e. The summed E-state index contributed by atoms with van der Waals surface area (Å²) in [6.45, 7) is -1.01. The molecule has 2 nitrogen and oxygen atoms in total. The Morgan fingerprint density at radius 2 is 1.46 bits per heavy atom. The normalized spacial score (nSPS) is 12.1. The second kappa shape index (κ2) is 7.04. The molecule has 0 aliphatic carbocycles. The number of hydrogen-bond acceptors (Lipinski definition) is 1. The number of nitrogens with one attached hydrogen (secondary N) is 1. The summed E-state index contributed by atoms with van der Waals surface area (Å²) < 4.78 is 66.1. The first-order valence-corrected chi connectivity index (χ1v) is 7.77. The lowest BCUT2D eigenvalue weighted by Gasteiger charge is -2.18. The van der Waals surface area contributed by atoms with Gasteiger partial charge in [-0.1, -0.05) is 24.3 Å². The second-order valence-corrected chi connectivity index (χ2v) is 6.10.